The molecule has 2 aromatic heterocycles. The maximum absolute atomic E-state index is 13.9. The minimum Gasteiger partial charge on any atom is -0.382 e. The molecule has 8 nitrogen and oxygen atoms in total. The molecule has 0 unspecified atom stereocenters. The molecule has 2 aromatic carbocycles. The summed E-state index contributed by atoms with van der Waals surface area (Å²) < 4.78 is 56.9. The molecule has 10 heteroatoms. The van der Waals surface area contributed by atoms with E-state index in [9.17, 15) is 21.6 Å². The first-order chi connectivity index (χ1) is 19.9. The van der Waals surface area contributed by atoms with E-state index < -0.39 is 25.4 Å². The lowest BCUT2D eigenvalue weighted by molar-refractivity contribution is 0.361. The summed E-state index contributed by atoms with van der Waals surface area (Å²) in [6, 6.07) is 13.7. The molecule has 0 aliphatic heterocycles. The number of benzene rings is 2. The minimum absolute atomic E-state index is 0.0426. The van der Waals surface area contributed by atoms with Crippen LogP contribution in [0.1, 0.15) is 56.7 Å². The topological polar surface area (TPSA) is 107 Å². The van der Waals surface area contributed by atoms with Gasteiger partial charge >= 0.3 is 0 Å². The predicted molar refractivity (Wildman–Crippen MR) is 166 cm³/mol. The van der Waals surface area contributed by atoms with E-state index >= 15 is 0 Å². The third-order valence-electron chi connectivity index (χ3n) is 8.78. The van der Waals surface area contributed by atoms with E-state index in [0.717, 1.165) is 40.9 Å². The molecule has 4 aromatic rings. The monoisotopic (exact) mass is 607 g/mol. The highest BCUT2D eigenvalue weighted by Gasteiger charge is 2.37. The van der Waals surface area contributed by atoms with Crippen molar-refractivity contribution in [2.24, 2.45) is 13.0 Å². The summed E-state index contributed by atoms with van der Waals surface area (Å²) in [5.41, 5.74) is 2.93. The summed E-state index contributed by atoms with van der Waals surface area (Å²) >= 11 is 0. The van der Waals surface area contributed by atoms with Gasteiger partial charge in [-0.1, -0.05) is 24.6 Å². The maximum Gasteiger partial charge on any atom is 0.275 e. The molecule has 0 saturated heterocycles. The average Bonchev–Trinajstić information content (AvgIpc) is 3.75. The van der Waals surface area contributed by atoms with Crippen LogP contribution >= 0.6 is 0 Å². The van der Waals surface area contributed by atoms with Gasteiger partial charge in [0.25, 0.3) is 15.6 Å². The molecule has 0 atom stereocenters. The van der Waals surface area contributed by atoms with Gasteiger partial charge in [-0.15, -0.1) is 0 Å². The SMILES string of the molecule is Cc1ccc(S(=O)(=O)n2c(C)cc3c(-c4cc(S(=O)(=O)C5CC5)ccc4NC4CCC(C)CC4)cn(C)c(=O)c32)cc1. The predicted octanol–water partition coefficient (Wildman–Crippen LogP) is 5.79. The smallest absolute Gasteiger partial charge is 0.275 e. The molecule has 6 rings (SSSR count). The van der Waals surface area contributed by atoms with Crippen molar-refractivity contribution >= 4 is 36.5 Å². The van der Waals surface area contributed by atoms with E-state index in [1.165, 1.54) is 4.57 Å². The second kappa shape index (κ2) is 10.4. The van der Waals surface area contributed by atoms with Gasteiger partial charge in [-0.2, -0.15) is 0 Å². The maximum atomic E-state index is 13.9. The van der Waals surface area contributed by atoms with Crippen molar-refractivity contribution in [2.75, 3.05) is 5.32 Å². The molecule has 0 radical (unpaired) electrons. The van der Waals surface area contributed by atoms with Crippen molar-refractivity contribution in [1.29, 1.82) is 0 Å². The van der Waals surface area contributed by atoms with Crippen molar-refractivity contribution in [3.63, 3.8) is 0 Å². The Bertz CT molecular complexity index is 1960. The number of nitrogens with zero attached hydrogens (tertiary/aromatic N) is 2. The van der Waals surface area contributed by atoms with Crippen molar-refractivity contribution in [1.82, 2.24) is 8.54 Å². The van der Waals surface area contributed by atoms with E-state index in [2.05, 4.69) is 12.2 Å². The van der Waals surface area contributed by atoms with E-state index in [4.69, 9.17) is 0 Å². The Morgan fingerprint density at radius 3 is 2.10 bits per heavy atom. The summed E-state index contributed by atoms with van der Waals surface area (Å²) in [7, 11) is -5.98. The fraction of sp³-hybridized carbons (Fsp3) is 0.406. The van der Waals surface area contributed by atoms with Gasteiger partial charge in [0.2, 0.25) is 0 Å². The lowest BCUT2D eigenvalue weighted by Gasteiger charge is -2.29. The molecule has 2 aliphatic carbocycles. The van der Waals surface area contributed by atoms with Gasteiger partial charge in [-0.25, -0.2) is 20.8 Å². The Balaban J connectivity index is 1.58. The lowest BCUT2D eigenvalue weighted by Crippen LogP contribution is -2.26. The van der Waals surface area contributed by atoms with Crippen LogP contribution in [0.2, 0.25) is 0 Å². The third kappa shape index (κ3) is 4.98. The molecule has 1 N–H and O–H groups in total. The van der Waals surface area contributed by atoms with Gasteiger partial charge in [-0.3, -0.25) is 4.79 Å². The second-order valence-corrected chi connectivity index (χ2v) is 16.2. The van der Waals surface area contributed by atoms with Crippen molar-refractivity contribution < 1.29 is 16.8 Å². The van der Waals surface area contributed by atoms with Crippen LogP contribution in [-0.2, 0) is 26.9 Å². The van der Waals surface area contributed by atoms with Gasteiger partial charge in [0, 0.05) is 47.2 Å². The Morgan fingerprint density at radius 1 is 0.810 bits per heavy atom. The van der Waals surface area contributed by atoms with E-state index in [1.54, 1.807) is 62.6 Å². The fourth-order valence-corrected chi connectivity index (χ4v) is 9.32. The second-order valence-electron chi connectivity index (χ2n) is 12.1. The third-order valence-corrected chi connectivity index (χ3v) is 12.9. The summed E-state index contributed by atoms with van der Waals surface area (Å²) in [6.07, 6.45) is 7.24. The quantitative estimate of drug-likeness (QED) is 0.285. The van der Waals surface area contributed by atoms with Crippen molar-refractivity contribution in [3.05, 3.63) is 76.3 Å². The molecule has 2 saturated carbocycles. The number of hydrogen-bond donors (Lipinski definition) is 1. The standard InChI is InChI=1S/C32H37N3O5S2/c1-20-5-9-23(10-6-20)33-30-16-15-26(41(37,38)24-13-14-24)18-27(30)29-19-34(4)32(36)31-28(29)17-22(3)35(31)42(39,40)25-11-7-21(2)8-12-25/h7-8,11-12,15-20,23-24,33H,5-6,9-10,13-14H2,1-4H3. The molecule has 222 valence electrons. The lowest BCUT2D eigenvalue weighted by atomic mass is 9.87. The Labute approximate surface area is 247 Å². The summed E-state index contributed by atoms with van der Waals surface area (Å²) in [6.45, 7) is 5.81. The fourth-order valence-electron chi connectivity index (χ4n) is 6.10. The molecule has 42 heavy (non-hydrogen) atoms. The Kier molecular flexibility index (Phi) is 7.13. The number of fused-ring (bicyclic) bond motifs is 1. The summed E-state index contributed by atoms with van der Waals surface area (Å²) in [4.78, 5) is 13.9. The average molecular weight is 608 g/mol. The number of aromatic nitrogens is 2. The zero-order valence-corrected chi connectivity index (χ0v) is 26.1. The number of anilines is 1. The zero-order chi connectivity index (χ0) is 30.0. The molecule has 2 heterocycles. The van der Waals surface area contributed by atoms with Crippen LogP contribution in [0.25, 0.3) is 22.0 Å². The summed E-state index contributed by atoms with van der Waals surface area (Å²) in [5.74, 6) is 0.676. The van der Waals surface area contributed by atoms with Crippen LogP contribution in [0.3, 0.4) is 0 Å². The number of aryl methyl sites for hydroxylation is 3. The Morgan fingerprint density at radius 2 is 1.45 bits per heavy atom. The molecule has 2 aliphatic rings. The molecule has 2 fully saturated rings. The number of sulfone groups is 1. The molecule has 0 bridgehead atoms. The van der Waals surface area contributed by atoms with Crippen LogP contribution in [0.5, 0.6) is 0 Å². The highest BCUT2D eigenvalue weighted by Crippen LogP contribution is 2.40. The molecule has 0 spiro atoms. The first-order valence-electron chi connectivity index (χ1n) is 14.6. The van der Waals surface area contributed by atoms with Gasteiger partial charge in [0.05, 0.1) is 15.0 Å². The molecule has 0 amide bonds. The number of hydrogen-bond acceptors (Lipinski definition) is 6. The number of rotatable bonds is 7. The first kappa shape index (κ1) is 28.7. The number of pyridine rings is 1. The van der Waals surface area contributed by atoms with Crippen LogP contribution in [0.4, 0.5) is 5.69 Å². The van der Waals surface area contributed by atoms with Crippen molar-refractivity contribution in [3.8, 4) is 11.1 Å². The molecular weight excluding hydrogens is 571 g/mol. The van der Waals surface area contributed by atoms with Crippen LogP contribution in [0, 0.1) is 19.8 Å². The minimum atomic E-state index is -4.09. The van der Waals surface area contributed by atoms with Crippen LogP contribution in [-0.4, -0.2) is 36.7 Å². The van der Waals surface area contributed by atoms with Gasteiger partial charge < -0.3 is 9.88 Å². The largest absolute Gasteiger partial charge is 0.382 e. The van der Waals surface area contributed by atoms with Gasteiger partial charge in [-0.05, 0) is 94.7 Å². The van der Waals surface area contributed by atoms with Crippen LogP contribution < -0.4 is 10.9 Å². The van der Waals surface area contributed by atoms with E-state index in [1.807, 2.05) is 13.0 Å². The van der Waals surface area contributed by atoms with Crippen LogP contribution in [0.15, 0.2) is 69.3 Å². The van der Waals surface area contributed by atoms with Gasteiger partial charge in [0.1, 0.15) is 5.52 Å². The van der Waals surface area contributed by atoms with Gasteiger partial charge in [0.15, 0.2) is 9.84 Å². The molecular formula is C32H37N3O5S2. The first-order valence-corrected chi connectivity index (χ1v) is 17.6. The van der Waals surface area contributed by atoms with Crippen molar-refractivity contribution in [2.45, 2.75) is 80.4 Å². The van der Waals surface area contributed by atoms with E-state index in [0.29, 0.717) is 41.0 Å². The Hall–Kier alpha value is -3.37. The normalized spacial score (nSPS) is 19.7. The highest BCUT2D eigenvalue weighted by atomic mass is 32.2. The highest BCUT2D eigenvalue weighted by molar-refractivity contribution is 7.92. The van der Waals surface area contributed by atoms with E-state index in [-0.39, 0.29) is 26.6 Å². The number of nitrogens with one attached hydrogen (secondary N) is 1. The zero-order valence-electron chi connectivity index (χ0n) is 24.4. The summed E-state index contributed by atoms with van der Waals surface area (Å²) in [5, 5.41) is 3.76.